The number of amides is 2. The van der Waals surface area contributed by atoms with Gasteiger partial charge in [-0.05, 0) is 56.5 Å². The number of carbonyl (C=O) groups excluding carboxylic acids is 2. The average Bonchev–Trinajstić information content (AvgIpc) is 3.12. The molecule has 3 aromatic rings. The number of hydrogen-bond acceptors (Lipinski definition) is 3. The number of nitrogens with one attached hydrogen (secondary N) is 2. The monoisotopic (exact) mass is 436 g/mol. The van der Waals surface area contributed by atoms with Crippen molar-refractivity contribution in [3.8, 4) is 0 Å². The van der Waals surface area contributed by atoms with Gasteiger partial charge in [-0.25, -0.2) is 9.82 Å². The van der Waals surface area contributed by atoms with Gasteiger partial charge in [0.2, 0.25) is 0 Å². The highest BCUT2D eigenvalue weighted by atomic mass is 19.1. The van der Waals surface area contributed by atoms with Gasteiger partial charge in [0.25, 0.3) is 11.8 Å². The van der Waals surface area contributed by atoms with Crippen LogP contribution in [0, 0.1) is 11.7 Å². The Kier molecular flexibility index (Phi) is 7.41. The summed E-state index contributed by atoms with van der Waals surface area (Å²) in [7, 11) is 0. The Morgan fingerprint density at radius 1 is 1.06 bits per heavy atom. The Morgan fingerprint density at radius 3 is 2.41 bits per heavy atom. The van der Waals surface area contributed by atoms with Crippen LogP contribution in [0.5, 0.6) is 0 Å². The van der Waals surface area contributed by atoms with E-state index in [1.54, 1.807) is 6.21 Å². The molecule has 0 fully saturated rings. The van der Waals surface area contributed by atoms with Crippen LogP contribution in [0.25, 0.3) is 10.9 Å². The van der Waals surface area contributed by atoms with E-state index in [9.17, 15) is 14.0 Å². The van der Waals surface area contributed by atoms with E-state index in [1.165, 1.54) is 24.3 Å². The number of halogens is 1. The van der Waals surface area contributed by atoms with E-state index in [1.807, 2.05) is 38.2 Å². The molecule has 32 heavy (non-hydrogen) atoms. The lowest BCUT2D eigenvalue weighted by molar-refractivity contribution is -0.123. The van der Waals surface area contributed by atoms with Gasteiger partial charge < -0.3 is 9.88 Å². The van der Waals surface area contributed by atoms with Crippen LogP contribution in [-0.2, 0) is 4.79 Å². The highest BCUT2D eigenvalue weighted by Gasteiger charge is 2.22. The third kappa shape index (κ3) is 5.60. The first-order valence-corrected chi connectivity index (χ1v) is 10.7. The Labute approximate surface area is 187 Å². The van der Waals surface area contributed by atoms with Crippen LogP contribution < -0.4 is 10.7 Å². The number of carbonyl (C=O) groups is 2. The highest BCUT2D eigenvalue weighted by Crippen LogP contribution is 2.23. The van der Waals surface area contributed by atoms with Crippen molar-refractivity contribution < 1.29 is 14.0 Å². The molecule has 1 atom stereocenters. The van der Waals surface area contributed by atoms with Gasteiger partial charge in [-0.15, -0.1) is 0 Å². The number of benzene rings is 2. The quantitative estimate of drug-likeness (QED) is 0.398. The van der Waals surface area contributed by atoms with Gasteiger partial charge in [0.1, 0.15) is 11.9 Å². The van der Waals surface area contributed by atoms with Gasteiger partial charge in [-0.1, -0.05) is 32.0 Å². The number of hydrazone groups is 1. The second-order valence-corrected chi connectivity index (χ2v) is 8.50. The number of hydrogen-bond donors (Lipinski definition) is 2. The average molecular weight is 437 g/mol. The zero-order chi connectivity index (χ0) is 23.3. The second-order valence-electron chi connectivity index (χ2n) is 8.50. The molecule has 2 N–H and O–H groups in total. The summed E-state index contributed by atoms with van der Waals surface area (Å²) in [5.41, 5.74) is 4.83. The molecular formula is C25H29FN4O2. The molecular weight excluding hydrogens is 407 g/mol. The van der Waals surface area contributed by atoms with Gasteiger partial charge in [0.05, 0.1) is 6.21 Å². The normalized spacial score (nSPS) is 12.6. The fourth-order valence-electron chi connectivity index (χ4n) is 3.55. The molecule has 1 heterocycles. The van der Waals surface area contributed by atoms with Crippen LogP contribution in [0.4, 0.5) is 4.39 Å². The van der Waals surface area contributed by atoms with Crippen molar-refractivity contribution in [1.29, 1.82) is 0 Å². The first-order valence-electron chi connectivity index (χ1n) is 10.7. The van der Waals surface area contributed by atoms with Crippen LogP contribution in [0.1, 0.15) is 56.1 Å². The molecule has 6 nitrogen and oxygen atoms in total. The molecule has 0 bridgehead atoms. The van der Waals surface area contributed by atoms with E-state index in [0.717, 1.165) is 16.5 Å². The molecule has 0 aliphatic rings. The molecule has 2 amide bonds. The molecule has 0 saturated carbocycles. The Bertz CT molecular complexity index is 1120. The maximum atomic E-state index is 13.1. The van der Waals surface area contributed by atoms with E-state index in [2.05, 4.69) is 40.3 Å². The Balaban J connectivity index is 1.73. The largest absolute Gasteiger partial charge is 0.344 e. The lowest BCUT2D eigenvalue weighted by atomic mass is 10.0. The predicted molar refractivity (Wildman–Crippen MR) is 125 cm³/mol. The van der Waals surface area contributed by atoms with Crippen LogP contribution in [-0.4, -0.2) is 28.6 Å². The first-order chi connectivity index (χ1) is 15.3. The SMILES string of the molecule is CC(C)C[C@H](NC(=O)c1ccc(F)cc1)C(=O)N/N=C\c1cn(C(C)C)c2ccccc12. The van der Waals surface area contributed by atoms with Crippen LogP contribution >= 0.6 is 0 Å². The summed E-state index contributed by atoms with van der Waals surface area (Å²) in [5, 5.41) is 7.92. The van der Waals surface area contributed by atoms with Crippen molar-refractivity contribution in [3.05, 3.63) is 71.7 Å². The summed E-state index contributed by atoms with van der Waals surface area (Å²) in [6, 6.07) is 12.7. The second kappa shape index (κ2) is 10.2. The predicted octanol–water partition coefficient (Wildman–Crippen LogP) is 4.66. The van der Waals surface area contributed by atoms with Gasteiger partial charge in [0.15, 0.2) is 0 Å². The number of para-hydroxylation sites is 1. The van der Waals surface area contributed by atoms with Crippen LogP contribution in [0.2, 0.25) is 0 Å². The molecule has 0 saturated heterocycles. The molecule has 3 rings (SSSR count). The van der Waals surface area contributed by atoms with Crippen molar-refractivity contribution in [2.75, 3.05) is 0 Å². The lowest BCUT2D eigenvalue weighted by Crippen LogP contribution is -2.46. The molecule has 0 aliphatic carbocycles. The minimum Gasteiger partial charge on any atom is -0.344 e. The van der Waals surface area contributed by atoms with E-state index < -0.39 is 23.7 Å². The summed E-state index contributed by atoms with van der Waals surface area (Å²) in [4.78, 5) is 25.3. The zero-order valence-corrected chi connectivity index (χ0v) is 18.8. The third-order valence-corrected chi connectivity index (χ3v) is 5.14. The molecule has 1 aromatic heterocycles. The van der Waals surface area contributed by atoms with Gasteiger partial charge >= 0.3 is 0 Å². The zero-order valence-electron chi connectivity index (χ0n) is 18.8. The maximum Gasteiger partial charge on any atom is 0.262 e. The van der Waals surface area contributed by atoms with Crippen molar-refractivity contribution in [2.24, 2.45) is 11.0 Å². The number of nitrogens with zero attached hydrogens (tertiary/aromatic N) is 2. The fraction of sp³-hybridized carbons (Fsp3) is 0.320. The molecule has 0 spiro atoms. The third-order valence-electron chi connectivity index (χ3n) is 5.14. The summed E-state index contributed by atoms with van der Waals surface area (Å²) in [6.45, 7) is 8.15. The number of aromatic nitrogens is 1. The molecule has 0 unspecified atom stereocenters. The smallest absolute Gasteiger partial charge is 0.262 e. The fourth-order valence-corrected chi connectivity index (χ4v) is 3.55. The summed E-state index contributed by atoms with van der Waals surface area (Å²) < 4.78 is 15.3. The van der Waals surface area contributed by atoms with Crippen molar-refractivity contribution in [3.63, 3.8) is 0 Å². The van der Waals surface area contributed by atoms with E-state index in [0.29, 0.717) is 6.42 Å². The molecule has 0 aliphatic heterocycles. The van der Waals surface area contributed by atoms with Crippen molar-refractivity contribution >= 4 is 28.9 Å². The minimum absolute atomic E-state index is 0.173. The van der Waals surface area contributed by atoms with Crippen LogP contribution in [0.15, 0.2) is 59.8 Å². The maximum absolute atomic E-state index is 13.1. The number of fused-ring (bicyclic) bond motifs is 1. The Hall–Kier alpha value is -3.48. The standard InChI is InChI=1S/C25H29FN4O2/c1-16(2)13-22(28-24(31)18-9-11-20(26)12-10-18)25(32)29-27-14-19-15-30(17(3)4)23-8-6-5-7-21(19)23/h5-12,14-17,22H,13H2,1-4H3,(H,28,31)(H,29,32)/b27-14-/t22-/m0/s1. The number of rotatable bonds is 8. The van der Waals surface area contributed by atoms with E-state index in [4.69, 9.17) is 0 Å². The van der Waals surface area contributed by atoms with E-state index in [-0.39, 0.29) is 17.5 Å². The van der Waals surface area contributed by atoms with E-state index >= 15 is 0 Å². The summed E-state index contributed by atoms with van der Waals surface area (Å²) in [5.74, 6) is -1.09. The minimum atomic E-state index is -0.762. The van der Waals surface area contributed by atoms with Gasteiger partial charge in [-0.2, -0.15) is 5.10 Å². The topological polar surface area (TPSA) is 75.5 Å². The van der Waals surface area contributed by atoms with Crippen molar-refractivity contribution in [2.45, 2.75) is 46.2 Å². The van der Waals surface area contributed by atoms with Gasteiger partial charge in [-0.3, -0.25) is 9.59 Å². The summed E-state index contributed by atoms with van der Waals surface area (Å²) in [6.07, 6.45) is 4.07. The Morgan fingerprint density at radius 2 is 1.75 bits per heavy atom. The van der Waals surface area contributed by atoms with Gasteiger partial charge in [0, 0.05) is 34.3 Å². The lowest BCUT2D eigenvalue weighted by Gasteiger charge is -2.19. The molecule has 2 aromatic carbocycles. The molecule has 0 radical (unpaired) electrons. The van der Waals surface area contributed by atoms with Crippen molar-refractivity contribution in [1.82, 2.24) is 15.3 Å². The van der Waals surface area contributed by atoms with Crippen LogP contribution in [0.3, 0.4) is 0 Å². The summed E-state index contributed by atoms with van der Waals surface area (Å²) >= 11 is 0. The molecule has 7 heteroatoms. The highest BCUT2D eigenvalue weighted by molar-refractivity contribution is 6.00. The first kappa shape index (κ1) is 23.2. The molecule has 168 valence electrons.